The molecule has 1 saturated carbocycles. The number of benzene rings is 1. The van der Waals surface area contributed by atoms with Crippen molar-refractivity contribution in [3.05, 3.63) is 58.3 Å². The topological polar surface area (TPSA) is 53.3 Å². The molecule has 2 saturated heterocycles. The molecule has 3 fully saturated rings. The lowest BCUT2D eigenvalue weighted by molar-refractivity contribution is -0.173. The lowest BCUT2D eigenvalue weighted by atomic mass is 9.73. The van der Waals surface area contributed by atoms with Gasteiger partial charge in [0.2, 0.25) is 5.95 Å². The third-order valence-electron chi connectivity index (χ3n) is 8.51. The highest BCUT2D eigenvalue weighted by molar-refractivity contribution is 6.30. The minimum absolute atomic E-state index is 0.0575. The van der Waals surface area contributed by atoms with Crippen molar-refractivity contribution in [3.63, 3.8) is 0 Å². The Labute approximate surface area is 226 Å². The van der Waals surface area contributed by atoms with Crippen molar-refractivity contribution in [1.29, 1.82) is 0 Å². The fourth-order valence-electron chi connectivity index (χ4n) is 6.67. The van der Waals surface area contributed by atoms with Crippen molar-refractivity contribution in [1.82, 2.24) is 24.6 Å². The van der Waals surface area contributed by atoms with E-state index in [0.29, 0.717) is 61.9 Å². The molecule has 1 spiro atoms. The largest absolute Gasteiger partial charge is 0.355 e. The van der Waals surface area contributed by atoms with Gasteiger partial charge in [0.15, 0.2) is 11.6 Å². The number of rotatable bonds is 4. The SMILES string of the molecule is CC1(N2Cc3cc(Cl)ccc3-n3c(nnc3N3CC4(CN(c5ccc(F)c(C(F)F)n5)C4)C3)C2)CC(F)(F)C1. The summed E-state index contributed by atoms with van der Waals surface area (Å²) in [5.74, 6) is -1.99. The third kappa shape index (κ3) is 3.97. The zero-order valence-corrected chi connectivity index (χ0v) is 21.8. The first-order valence-electron chi connectivity index (χ1n) is 12.7. The van der Waals surface area contributed by atoms with Crippen LogP contribution in [0.15, 0.2) is 30.3 Å². The van der Waals surface area contributed by atoms with E-state index < -0.39 is 29.4 Å². The number of aromatic nitrogens is 4. The summed E-state index contributed by atoms with van der Waals surface area (Å²) >= 11 is 6.33. The van der Waals surface area contributed by atoms with Crippen LogP contribution in [-0.4, -0.2) is 62.3 Å². The Morgan fingerprint density at radius 2 is 1.67 bits per heavy atom. The maximum atomic E-state index is 13.9. The minimum Gasteiger partial charge on any atom is -0.355 e. The van der Waals surface area contributed by atoms with E-state index in [9.17, 15) is 22.0 Å². The summed E-state index contributed by atoms with van der Waals surface area (Å²) in [6, 6.07) is 8.04. The molecule has 7 nitrogen and oxygen atoms in total. The quantitative estimate of drug-likeness (QED) is 0.404. The molecule has 2 aromatic heterocycles. The molecule has 5 heterocycles. The maximum absolute atomic E-state index is 13.9. The van der Waals surface area contributed by atoms with E-state index in [-0.39, 0.29) is 18.3 Å². The monoisotopic (exact) mass is 565 g/mol. The molecule has 0 atom stereocenters. The molecule has 3 aliphatic heterocycles. The predicted molar refractivity (Wildman–Crippen MR) is 134 cm³/mol. The van der Waals surface area contributed by atoms with Gasteiger partial charge in [-0.05, 0) is 42.8 Å². The van der Waals surface area contributed by atoms with Crippen molar-refractivity contribution < 1.29 is 22.0 Å². The van der Waals surface area contributed by atoms with Gasteiger partial charge in [-0.15, -0.1) is 10.2 Å². The summed E-state index contributed by atoms with van der Waals surface area (Å²) < 4.78 is 69.6. The van der Waals surface area contributed by atoms with Gasteiger partial charge in [-0.2, -0.15) is 0 Å². The third-order valence-corrected chi connectivity index (χ3v) is 8.74. The first-order valence-corrected chi connectivity index (χ1v) is 13.1. The molecule has 1 aliphatic carbocycles. The number of pyridine rings is 1. The molecule has 0 bridgehead atoms. The lowest BCUT2D eigenvalue weighted by Crippen LogP contribution is -2.73. The Bertz CT molecular complexity index is 1450. The average molecular weight is 566 g/mol. The van der Waals surface area contributed by atoms with Crippen LogP contribution in [0.25, 0.3) is 5.69 Å². The summed E-state index contributed by atoms with van der Waals surface area (Å²) in [6.07, 6.45) is -3.38. The maximum Gasteiger partial charge on any atom is 0.283 e. The minimum atomic E-state index is -2.97. The smallest absolute Gasteiger partial charge is 0.283 e. The molecule has 0 amide bonds. The Kier molecular flexibility index (Phi) is 5.30. The zero-order chi connectivity index (χ0) is 27.3. The van der Waals surface area contributed by atoms with Crippen molar-refractivity contribution in [2.24, 2.45) is 5.41 Å². The lowest BCUT2D eigenvalue weighted by Gasteiger charge is -2.60. The van der Waals surface area contributed by atoms with Crippen LogP contribution in [0, 0.1) is 11.2 Å². The summed E-state index contributed by atoms with van der Waals surface area (Å²) in [5.41, 5.74) is 0.248. The molecule has 0 unspecified atom stereocenters. The Hall–Kier alpha value is -2.99. The van der Waals surface area contributed by atoms with Crippen LogP contribution >= 0.6 is 11.6 Å². The zero-order valence-electron chi connectivity index (χ0n) is 21.0. The molecular formula is C26H25ClF5N7. The summed E-state index contributed by atoms with van der Waals surface area (Å²) in [4.78, 5) is 9.86. The van der Waals surface area contributed by atoms with Gasteiger partial charge in [0.05, 0.1) is 12.2 Å². The van der Waals surface area contributed by atoms with E-state index in [1.54, 1.807) is 6.07 Å². The molecular weight excluding hydrogens is 541 g/mol. The van der Waals surface area contributed by atoms with E-state index in [1.807, 2.05) is 33.4 Å². The van der Waals surface area contributed by atoms with Gasteiger partial charge >= 0.3 is 0 Å². The number of fused-ring (bicyclic) bond motifs is 3. The van der Waals surface area contributed by atoms with Crippen LogP contribution in [0.4, 0.5) is 33.7 Å². The fraction of sp³-hybridized carbons (Fsp3) is 0.500. The van der Waals surface area contributed by atoms with Gasteiger partial charge < -0.3 is 9.80 Å². The standard InChI is InChI=1S/C26H25ClF5N7/c1-24(9-26(31,32)10-24)38-7-15-6-16(27)2-4-18(15)39-20(8-38)34-35-23(39)37-13-25(14-37)11-36(12-25)19-5-3-17(28)21(33-19)22(29)30/h2-6,22H,7-14H2,1H3. The van der Waals surface area contributed by atoms with Crippen LogP contribution in [-0.2, 0) is 13.1 Å². The van der Waals surface area contributed by atoms with Gasteiger partial charge in [-0.25, -0.2) is 26.9 Å². The second-order valence-electron chi connectivity index (χ2n) is 11.6. The molecule has 0 N–H and O–H groups in total. The number of nitrogens with zero attached hydrogens (tertiary/aromatic N) is 7. The van der Waals surface area contributed by atoms with Crippen molar-refractivity contribution >= 4 is 23.4 Å². The van der Waals surface area contributed by atoms with E-state index >= 15 is 0 Å². The van der Waals surface area contributed by atoms with Crippen LogP contribution in [0.2, 0.25) is 5.02 Å². The molecule has 1 aromatic carbocycles. The average Bonchev–Trinajstić information content (AvgIpc) is 3.11. The molecule has 4 aliphatic rings. The number of halogens is 6. The first-order chi connectivity index (χ1) is 18.4. The molecule has 39 heavy (non-hydrogen) atoms. The van der Waals surface area contributed by atoms with E-state index in [0.717, 1.165) is 17.3 Å². The van der Waals surface area contributed by atoms with E-state index in [2.05, 4.69) is 20.1 Å². The van der Waals surface area contributed by atoms with Crippen LogP contribution in [0.3, 0.4) is 0 Å². The van der Waals surface area contributed by atoms with Crippen molar-refractivity contribution in [2.45, 2.75) is 50.7 Å². The van der Waals surface area contributed by atoms with Crippen LogP contribution in [0.1, 0.15) is 43.3 Å². The second-order valence-corrected chi connectivity index (χ2v) is 12.1. The van der Waals surface area contributed by atoms with Crippen molar-refractivity contribution in [2.75, 3.05) is 36.0 Å². The number of hydrogen-bond acceptors (Lipinski definition) is 6. The molecule has 206 valence electrons. The Morgan fingerprint density at radius 3 is 2.36 bits per heavy atom. The van der Waals surface area contributed by atoms with E-state index in [4.69, 9.17) is 11.6 Å². The number of hydrogen-bond donors (Lipinski definition) is 0. The fourth-order valence-corrected chi connectivity index (χ4v) is 6.86. The summed E-state index contributed by atoms with van der Waals surface area (Å²) in [7, 11) is 0. The molecule has 13 heteroatoms. The summed E-state index contributed by atoms with van der Waals surface area (Å²) in [6.45, 7) is 5.29. The highest BCUT2D eigenvalue weighted by atomic mass is 35.5. The highest BCUT2D eigenvalue weighted by Gasteiger charge is 2.57. The van der Waals surface area contributed by atoms with Gasteiger partial charge in [0, 0.05) is 61.5 Å². The first kappa shape index (κ1) is 25.0. The number of alkyl halides is 4. The van der Waals surface area contributed by atoms with Gasteiger partial charge in [0.1, 0.15) is 11.5 Å². The molecule has 3 aromatic rings. The summed E-state index contributed by atoms with van der Waals surface area (Å²) in [5, 5.41) is 9.53. The van der Waals surface area contributed by atoms with Gasteiger partial charge in [0.25, 0.3) is 12.3 Å². The normalized spacial score (nSPS) is 22.6. The van der Waals surface area contributed by atoms with Crippen LogP contribution < -0.4 is 9.80 Å². The number of anilines is 2. The van der Waals surface area contributed by atoms with Gasteiger partial charge in [-0.3, -0.25) is 9.47 Å². The second kappa shape index (κ2) is 8.26. The van der Waals surface area contributed by atoms with Crippen LogP contribution in [0.5, 0.6) is 0 Å². The highest BCUT2D eigenvalue weighted by Crippen LogP contribution is 2.51. The molecule has 7 rings (SSSR count). The van der Waals surface area contributed by atoms with Gasteiger partial charge in [-0.1, -0.05) is 11.6 Å². The molecule has 0 radical (unpaired) electrons. The predicted octanol–water partition coefficient (Wildman–Crippen LogP) is 5.22. The Morgan fingerprint density at radius 1 is 0.949 bits per heavy atom. The van der Waals surface area contributed by atoms with Crippen molar-refractivity contribution in [3.8, 4) is 5.69 Å². The Balaban J connectivity index is 1.12. The van der Waals surface area contributed by atoms with E-state index in [1.165, 1.54) is 6.07 Å².